The van der Waals surface area contributed by atoms with Crippen molar-refractivity contribution >= 4 is 5.97 Å². The molecule has 0 rings (SSSR count). The first-order valence-corrected chi connectivity index (χ1v) is 5.89. The normalized spacial score (nSPS) is 13.6. The fraction of sp³-hybridized carbons (Fsp3) is 0.923. The van der Waals surface area contributed by atoms with Crippen LogP contribution in [0.4, 0.5) is 0 Å². The van der Waals surface area contributed by atoms with Crippen molar-refractivity contribution in [2.24, 2.45) is 10.8 Å². The van der Waals surface area contributed by atoms with Gasteiger partial charge in [-0.05, 0) is 39.5 Å². The molecule has 0 aromatic rings. The quantitative estimate of drug-likeness (QED) is 0.459. The summed E-state index contributed by atoms with van der Waals surface area (Å²) in [7, 11) is 0. The summed E-state index contributed by atoms with van der Waals surface area (Å²) in [5, 5.41) is 8.43. The first kappa shape index (κ1) is 16.4. The zero-order valence-corrected chi connectivity index (χ0v) is 12.1. The molecule has 0 atom stereocenters. The lowest BCUT2D eigenvalue weighted by molar-refractivity contribution is -0.262. The van der Waals surface area contributed by atoms with Crippen LogP contribution in [0.3, 0.4) is 0 Å². The van der Waals surface area contributed by atoms with Gasteiger partial charge < -0.3 is 4.74 Å². The molecule has 4 heteroatoms. The summed E-state index contributed by atoms with van der Waals surface area (Å²) in [6.45, 7) is 13.4. The van der Waals surface area contributed by atoms with Gasteiger partial charge in [0.2, 0.25) is 0 Å². The van der Waals surface area contributed by atoms with Crippen LogP contribution >= 0.6 is 0 Å². The highest BCUT2D eigenvalue weighted by Gasteiger charge is 2.36. The van der Waals surface area contributed by atoms with Crippen LogP contribution in [0.5, 0.6) is 0 Å². The average Bonchev–Trinajstić information content (AvgIpc) is 1.97. The van der Waals surface area contributed by atoms with E-state index in [1.807, 2.05) is 13.8 Å². The Kier molecular flexibility index (Phi) is 5.16. The summed E-state index contributed by atoms with van der Waals surface area (Å²) in [5.74, 6) is -0.360. The Hall–Kier alpha value is -0.610. The van der Waals surface area contributed by atoms with Gasteiger partial charge in [-0.2, -0.15) is 0 Å². The number of esters is 1. The number of rotatable bonds is 5. The predicted molar refractivity (Wildman–Crippen MR) is 66.6 cm³/mol. The zero-order valence-electron chi connectivity index (χ0n) is 12.1. The van der Waals surface area contributed by atoms with Gasteiger partial charge in [0.15, 0.2) is 0 Å². The van der Waals surface area contributed by atoms with Crippen LogP contribution in [-0.2, 0) is 14.4 Å². The summed E-state index contributed by atoms with van der Waals surface area (Å²) >= 11 is 0. The van der Waals surface area contributed by atoms with Gasteiger partial charge in [0.05, 0.1) is 12.0 Å². The molecule has 102 valence electrons. The van der Waals surface area contributed by atoms with E-state index in [1.165, 1.54) is 0 Å². The van der Waals surface area contributed by atoms with Crippen molar-refractivity contribution in [1.82, 2.24) is 0 Å². The molecule has 0 unspecified atom stereocenters. The highest BCUT2D eigenvalue weighted by molar-refractivity contribution is 5.76. The van der Waals surface area contributed by atoms with Crippen LogP contribution in [0, 0.1) is 10.8 Å². The number of ether oxygens (including phenoxy) is 1. The highest BCUT2D eigenvalue weighted by atomic mass is 17.1. The fourth-order valence-electron chi connectivity index (χ4n) is 1.92. The fourth-order valence-corrected chi connectivity index (χ4v) is 1.92. The smallest absolute Gasteiger partial charge is 0.314 e. The summed E-state index contributed by atoms with van der Waals surface area (Å²) < 4.78 is 5.50. The molecule has 0 spiro atoms. The largest absolute Gasteiger partial charge is 0.459 e. The van der Waals surface area contributed by atoms with E-state index in [0.717, 1.165) is 6.42 Å². The summed E-state index contributed by atoms with van der Waals surface area (Å²) in [5.41, 5.74) is -1.28. The van der Waals surface area contributed by atoms with Gasteiger partial charge in [-0.25, -0.2) is 4.89 Å². The van der Waals surface area contributed by atoms with Crippen molar-refractivity contribution in [1.29, 1.82) is 0 Å². The molecule has 0 saturated heterocycles. The number of hydrogen-bond donors (Lipinski definition) is 1. The van der Waals surface area contributed by atoms with Crippen molar-refractivity contribution in [3.05, 3.63) is 0 Å². The van der Waals surface area contributed by atoms with Gasteiger partial charge in [0.1, 0.15) is 5.60 Å². The standard InChI is InChI=1S/C13H26O4/c1-11(2,3)8-13(6,7)17-10(14)12(4,5)9-16-15/h15H,8-9H2,1-7H3. The minimum atomic E-state index is -0.843. The van der Waals surface area contributed by atoms with Gasteiger partial charge >= 0.3 is 5.97 Å². The Morgan fingerprint density at radius 1 is 1.06 bits per heavy atom. The lowest BCUT2D eigenvalue weighted by atomic mass is 9.83. The van der Waals surface area contributed by atoms with Crippen LogP contribution in [-0.4, -0.2) is 23.4 Å². The molecular formula is C13H26O4. The van der Waals surface area contributed by atoms with Gasteiger partial charge in [-0.3, -0.25) is 10.1 Å². The summed E-state index contributed by atoms with van der Waals surface area (Å²) in [4.78, 5) is 16.0. The van der Waals surface area contributed by atoms with Crippen molar-refractivity contribution < 1.29 is 19.7 Å². The molecule has 0 aliphatic rings. The third-order valence-corrected chi connectivity index (χ3v) is 2.30. The molecule has 17 heavy (non-hydrogen) atoms. The Bertz CT molecular complexity index is 261. The number of carbonyl (C=O) groups is 1. The molecule has 0 aliphatic carbocycles. The molecule has 0 heterocycles. The van der Waals surface area contributed by atoms with Crippen LogP contribution in [0.15, 0.2) is 0 Å². The third-order valence-electron chi connectivity index (χ3n) is 2.30. The zero-order chi connectivity index (χ0) is 13.9. The molecule has 0 bridgehead atoms. The first-order valence-electron chi connectivity index (χ1n) is 5.89. The van der Waals surface area contributed by atoms with Crippen LogP contribution in [0.1, 0.15) is 54.9 Å². The molecule has 0 aromatic carbocycles. The molecule has 0 amide bonds. The van der Waals surface area contributed by atoms with Gasteiger partial charge in [-0.1, -0.05) is 20.8 Å². The Balaban J connectivity index is 4.57. The van der Waals surface area contributed by atoms with Gasteiger partial charge in [-0.15, -0.1) is 0 Å². The second kappa shape index (κ2) is 5.36. The van der Waals surface area contributed by atoms with Crippen molar-refractivity contribution in [3.63, 3.8) is 0 Å². The Labute approximate surface area is 104 Å². The molecule has 0 fully saturated rings. The molecule has 1 N–H and O–H groups in total. The monoisotopic (exact) mass is 246 g/mol. The van der Waals surface area contributed by atoms with E-state index in [2.05, 4.69) is 25.7 Å². The molecule has 0 radical (unpaired) electrons. The topological polar surface area (TPSA) is 55.8 Å². The van der Waals surface area contributed by atoms with E-state index in [-0.39, 0.29) is 18.0 Å². The first-order chi connectivity index (χ1) is 7.40. The molecule has 0 saturated carbocycles. The second-order valence-corrected chi connectivity index (χ2v) is 7.04. The van der Waals surface area contributed by atoms with E-state index in [1.54, 1.807) is 13.8 Å². The van der Waals surface area contributed by atoms with E-state index in [9.17, 15) is 4.79 Å². The van der Waals surface area contributed by atoms with Crippen molar-refractivity contribution in [2.45, 2.75) is 60.5 Å². The Morgan fingerprint density at radius 3 is 1.88 bits per heavy atom. The summed E-state index contributed by atoms with van der Waals surface area (Å²) in [6, 6.07) is 0. The van der Waals surface area contributed by atoms with Crippen LogP contribution in [0.2, 0.25) is 0 Å². The lowest BCUT2D eigenvalue weighted by Crippen LogP contribution is -2.40. The second-order valence-electron chi connectivity index (χ2n) is 7.04. The summed E-state index contributed by atoms with van der Waals surface area (Å²) in [6.07, 6.45) is 0.766. The average molecular weight is 246 g/mol. The molecule has 0 aliphatic heterocycles. The lowest BCUT2D eigenvalue weighted by Gasteiger charge is -2.34. The maximum Gasteiger partial charge on any atom is 0.314 e. The third kappa shape index (κ3) is 6.64. The van der Waals surface area contributed by atoms with E-state index in [0.29, 0.717) is 0 Å². The Morgan fingerprint density at radius 2 is 1.53 bits per heavy atom. The maximum atomic E-state index is 11.9. The minimum Gasteiger partial charge on any atom is -0.459 e. The van der Waals surface area contributed by atoms with Gasteiger partial charge in [0, 0.05) is 0 Å². The van der Waals surface area contributed by atoms with Crippen LogP contribution < -0.4 is 0 Å². The number of carbonyl (C=O) groups excluding carboxylic acids is 1. The molecule has 0 aromatic heterocycles. The van der Waals surface area contributed by atoms with Gasteiger partial charge in [0.25, 0.3) is 0 Å². The molecule has 4 nitrogen and oxygen atoms in total. The SMILES string of the molecule is CC(C)(C)CC(C)(C)OC(=O)C(C)(C)COO. The predicted octanol–water partition coefficient (Wildman–Crippen LogP) is 3.26. The van der Waals surface area contributed by atoms with Crippen LogP contribution in [0.25, 0.3) is 0 Å². The van der Waals surface area contributed by atoms with E-state index < -0.39 is 11.0 Å². The highest BCUT2D eigenvalue weighted by Crippen LogP contribution is 2.31. The molecular weight excluding hydrogens is 220 g/mol. The van der Waals surface area contributed by atoms with Crippen molar-refractivity contribution in [3.8, 4) is 0 Å². The number of hydrogen-bond acceptors (Lipinski definition) is 4. The maximum absolute atomic E-state index is 11.9. The van der Waals surface area contributed by atoms with E-state index >= 15 is 0 Å². The van der Waals surface area contributed by atoms with E-state index in [4.69, 9.17) is 9.99 Å². The minimum absolute atomic E-state index is 0.0720. The van der Waals surface area contributed by atoms with Crippen molar-refractivity contribution in [2.75, 3.05) is 6.61 Å².